The average molecular weight is 291 g/mol. The molecule has 1 aromatic heterocycles. The smallest absolute Gasteiger partial charge is 0.324 e. The highest BCUT2D eigenvalue weighted by Gasteiger charge is 2.12. The Morgan fingerprint density at radius 1 is 1.15 bits per heavy atom. The number of thiophene rings is 1. The third-order valence-corrected chi connectivity index (χ3v) is 3.92. The van der Waals surface area contributed by atoms with Gasteiger partial charge in [-0.1, -0.05) is 41.7 Å². The third kappa shape index (κ3) is 4.12. The predicted molar refractivity (Wildman–Crippen MR) is 80.6 cm³/mol. The summed E-state index contributed by atoms with van der Waals surface area (Å²) < 4.78 is 0. The molecule has 0 amide bonds. The molecule has 0 fully saturated rings. The normalized spacial score (nSPS) is 10.9. The topological polar surface area (TPSA) is 72.4 Å². The van der Waals surface area contributed by atoms with Gasteiger partial charge in [0.25, 0.3) is 0 Å². The van der Waals surface area contributed by atoms with Gasteiger partial charge in [0.05, 0.1) is 4.92 Å². The molecule has 106 valence electrons. The van der Waals surface area contributed by atoms with Crippen molar-refractivity contribution in [1.82, 2.24) is 4.90 Å². The molecule has 0 saturated heterocycles. The number of hydrogen-bond acceptors (Lipinski definition) is 5. The maximum atomic E-state index is 10.7. The third-order valence-electron chi connectivity index (χ3n) is 2.90. The molecule has 0 bridgehead atoms. The van der Waals surface area contributed by atoms with Gasteiger partial charge in [0.1, 0.15) is 0 Å². The van der Waals surface area contributed by atoms with Crippen LogP contribution in [0, 0.1) is 10.1 Å². The van der Waals surface area contributed by atoms with Crippen molar-refractivity contribution < 1.29 is 4.92 Å². The van der Waals surface area contributed by atoms with Crippen molar-refractivity contribution in [2.75, 3.05) is 13.1 Å². The van der Waals surface area contributed by atoms with Gasteiger partial charge in [0.2, 0.25) is 0 Å². The van der Waals surface area contributed by atoms with Crippen LogP contribution >= 0.6 is 11.3 Å². The first kappa shape index (κ1) is 14.6. The van der Waals surface area contributed by atoms with E-state index in [1.165, 1.54) is 16.9 Å². The Morgan fingerprint density at radius 2 is 1.90 bits per heavy atom. The Morgan fingerprint density at radius 3 is 2.50 bits per heavy atom. The molecular formula is C14H17N3O2S. The van der Waals surface area contributed by atoms with Gasteiger partial charge >= 0.3 is 5.00 Å². The van der Waals surface area contributed by atoms with Gasteiger partial charge in [0.15, 0.2) is 0 Å². The van der Waals surface area contributed by atoms with Crippen molar-refractivity contribution >= 4 is 16.3 Å². The first-order valence-electron chi connectivity index (χ1n) is 6.38. The van der Waals surface area contributed by atoms with Gasteiger partial charge in [0, 0.05) is 37.1 Å². The van der Waals surface area contributed by atoms with Crippen molar-refractivity contribution in [1.29, 1.82) is 0 Å². The van der Waals surface area contributed by atoms with Crippen LogP contribution in [0.25, 0.3) is 0 Å². The lowest BCUT2D eigenvalue weighted by Crippen LogP contribution is -2.28. The molecule has 1 aromatic carbocycles. The molecule has 20 heavy (non-hydrogen) atoms. The number of nitrogens with zero attached hydrogens (tertiary/aromatic N) is 2. The Bertz CT molecular complexity index is 557. The van der Waals surface area contributed by atoms with E-state index in [2.05, 4.69) is 17.0 Å². The standard InChI is InChI=1S/C14H17N3O2S/c15-8-9-16(10-12-4-2-1-3-5-12)11-13-6-7-14(20-13)17(18)19/h1-7H,8-11,15H2. The zero-order valence-electron chi connectivity index (χ0n) is 11.1. The van der Waals surface area contributed by atoms with Crippen molar-refractivity contribution in [2.45, 2.75) is 13.1 Å². The summed E-state index contributed by atoms with van der Waals surface area (Å²) in [4.78, 5) is 13.5. The van der Waals surface area contributed by atoms with Crippen LogP contribution in [0.1, 0.15) is 10.4 Å². The van der Waals surface area contributed by atoms with E-state index in [9.17, 15) is 10.1 Å². The minimum atomic E-state index is -0.349. The number of nitro groups is 1. The Labute approximate surface area is 121 Å². The lowest BCUT2D eigenvalue weighted by molar-refractivity contribution is -0.380. The highest BCUT2D eigenvalue weighted by molar-refractivity contribution is 7.15. The second-order valence-corrected chi connectivity index (χ2v) is 5.63. The first-order valence-corrected chi connectivity index (χ1v) is 7.20. The molecule has 0 aliphatic carbocycles. The van der Waals surface area contributed by atoms with Crippen LogP contribution in [0.3, 0.4) is 0 Å². The number of benzene rings is 1. The molecule has 0 aliphatic heterocycles. The number of rotatable bonds is 7. The molecule has 0 radical (unpaired) electrons. The molecule has 0 unspecified atom stereocenters. The maximum absolute atomic E-state index is 10.7. The van der Waals surface area contributed by atoms with Gasteiger partial charge in [-0.3, -0.25) is 15.0 Å². The van der Waals surface area contributed by atoms with E-state index in [4.69, 9.17) is 5.73 Å². The van der Waals surface area contributed by atoms with Crippen LogP contribution in [-0.2, 0) is 13.1 Å². The molecule has 0 aliphatic rings. The van der Waals surface area contributed by atoms with Crippen molar-refractivity contribution in [3.63, 3.8) is 0 Å². The molecular weight excluding hydrogens is 274 g/mol. The van der Waals surface area contributed by atoms with Crippen LogP contribution < -0.4 is 5.73 Å². The summed E-state index contributed by atoms with van der Waals surface area (Å²) in [6.07, 6.45) is 0. The predicted octanol–water partition coefficient (Wildman–Crippen LogP) is 2.62. The second kappa shape index (κ2) is 7.14. The summed E-state index contributed by atoms with van der Waals surface area (Å²) >= 11 is 1.22. The minimum absolute atomic E-state index is 0.187. The quantitative estimate of drug-likeness (QED) is 0.628. The van der Waals surface area contributed by atoms with E-state index < -0.39 is 0 Å². The fourth-order valence-electron chi connectivity index (χ4n) is 2.01. The van der Waals surface area contributed by atoms with Gasteiger partial charge < -0.3 is 5.73 Å². The summed E-state index contributed by atoms with van der Waals surface area (Å²) in [6, 6.07) is 13.5. The van der Waals surface area contributed by atoms with Crippen LogP contribution in [0.2, 0.25) is 0 Å². The van der Waals surface area contributed by atoms with E-state index in [1.54, 1.807) is 6.07 Å². The van der Waals surface area contributed by atoms with Gasteiger partial charge in [-0.25, -0.2) is 0 Å². The molecule has 0 saturated carbocycles. The minimum Gasteiger partial charge on any atom is -0.329 e. The summed E-state index contributed by atoms with van der Waals surface area (Å²) in [7, 11) is 0. The maximum Gasteiger partial charge on any atom is 0.324 e. The summed E-state index contributed by atoms with van der Waals surface area (Å²) in [5, 5.41) is 10.9. The Hall–Kier alpha value is -1.76. The largest absolute Gasteiger partial charge is 0.329 e. The SMILES string of the molecule is NCCN(Cc1ccccc1)Cc1ccc([N+](=O)[O-])s1. The number of hydrogen-bond donors (Lipinski definition) is 1. The van der Waals surface area contributed by atoms with Crippen LogP contribution in [0.4, 0.5) is 5.00 Å². The van der Waals surface area contributed by atoms with Crippen LogP contribution in [0.5, 0.6) is 0 Å². The molecule has 1 heterocycles. The van der Waals surface area contributed by atoms with Crippen molar-refractivity contribution in [2.24, 2.45) is 5.73 Å². The van der Waals surface area contributed by atoms with E-state index in [0.29, 0.717) is 13.1 Å². The number of nitrogens with two attached hydrogens (primary N) is 1. The van der Waals surface area contributed by atoms with E-state index in [-0.39, 0.29) is 9.92 Å². The van der Waals surface area contributed by atoms with Gasteiger partial charge in [-0.2, -0.15) is 0 Å². The van der Waals surface area contributed by atoms with Gasteiger partial charge in [-0.15, -0.1) is 0 Å². The van der Waals surface area contributed by atoms with Gasteiger partial charge in [-0.05, 0) is 11.6 Å². The molecule has 5 nitrogen and oxygen atoms in total. The zero-order chi connectivity index (χ0) is 14.4. The summed E-state index contributed by atoms with van der Waals surface area (Å²) in [5.74, 6) is 0. The molecule has 0 spiro atoms. The van der Waals surface area contributed by atoms with Crippen LogP contribution in [0.15, 0.2) is 42.5 Å². The van der Waals surface area contributed by atoms with Crippen molar-refractivity contribution in [3.8, 4) is 0 Å². The monoisotopic (exact) mass is 291 g/mol. The summed E-state index contributed by atoms with van der Waals surface area (Å²) in [5.41, 5.74) is 6.86. The molecule has 2 aromatic rings. The summed E-state index contributed by atoms with van der Waals surface area (Å²) in [6.45, 7) is 2.81. The van der Waals surface area contributed by atoms with E-state index >= 15 is 0 Å². The average Bonchev–Trinajstić information content (AvgIpc) is 2.89. The van der Waals surface area contributed by atoms with Crippen LogP contribution in [-0.4, -0.2) is 22.9 Å². The first-order chi connectivity index (χ1) is 9.69. The lowest BCUT2D eigenvalue weighted by atomic mass is 10.2. The fraction of sp³-hybridized carbons (Fsp3) is 0.286. The molecule has 2 rings (SSSR count). The molecule has 2 N–H and O–H groups in total. The zero-order valence-corrected chi connectivity index (χ0v) is 11.9. The molecule has 0 atom stereocenters. The lowest BCUT2D eigenvalue weighted by Gasteiger charge is -2.20. The van der Waals surface area contributed by atoms with Crippen molar-refractivity contribution in [3.05, 3.63) is 63.0 Å². The van der Waals surface area contributed by atoms with E-state index in [0.717, 1.165) is 18.0 Å². The highest BCUT2D eigenvalue weighted by Crippen LogP contribution is 2.25. The fourth-order valence-corrected chi connectivity index (χ4v) is 2.87. The Balaban J connectivity index is 2.02. The van der Waals surface area contributed by atoms with E-state index in [1.807, 2.05) is 24.3 Å². The molecule has 6 heteroatoms. The highest BCUT2D eigenvalue weighted by atomic mass is 32.1. The second-order valence-electron chi connectivity index (χ2n) is 4.48. The Kier molecular flexibility index (Phi) is 5.23.